The van der Waals surface area contributed by atoms with Gasteiger partial charge in [0.1, 0.15) is 16.2 Å². The minimum Gasteiger partial charge on any atom is -0.388 e. The molecule has 0 bridgehead atoms. The van der Waals surface area contributed by atoms with Gasteiger partial charge in [-0.25, -0.2) is 9.97 Å². The fourth-order valence-electron chi connectivity index (χ4n) is 2.05. The molecule has 102 valence electrons. The molecule has 1 aliphatic rings. The number of rotatable bonds is 2. The van der Waals surface area contributed by atoms with Crippen molar-refractivity contribution in [2.45, 2.75) is 26.3 Å². The summed E-state index contributed by atoms with van der Waals surface area (Å²) in [5, 5.41) is 2.84. The van der Waals surface area contributed by atoms with E-state index in [9.17, 15) is 4.79 Å². The van der Waals surface area contributed by atoms with Crippen LogP contribution in [0, 0.1) is 6.92 Å². The van der Waals surface area contributed by atoms with Gasteiger partial charge in [0.25, 0.3) is 0 Å². The van der Waals surface area contributed by atoms with Gasteiger partial charge in [-0.3, -0.25) is 4.79 Å². The Morgan fingerprint density at radius 1 is 1.53 bits per heavy atom. The number of nitrogens with two attached hydrogens (primary N) is 1. The normalized spacial score (nSPS) is 18.1. The van der Waals surface area contributed by atoms with E-state index in [0.29, 0.717) is 24.7 Å². The van der Waals surface area contributed by atoms with Crippen molar-refractivity contribution >= 4 is 29.1 Å². The molecular weight excluding hydrogens is 262 g/mol. The Morgan fingerprint density at radius 3 is 2.84 bits per heavy atom. The van der Waals surface area contributed by atoms with E-state index in [0.717, 1.165) is 5.69 Å². The molecule has 1 aromatic heterocycles. The molecule has 0 atom stereocenters. The number of aromatic nitrogens is 2. The minimum atomic E-state index is -0.695. The lowest BCUT2D eigenvalue weighted by Gasteiger charge is -2.41. The number of hydrogen-bond acceptors (Lipinski definition) is 5. The van der Waals surface area contributed by atoms with E-state index in [-0.39, 0.29) is 10.9 Å². The number of hydrogen-bond donors (Lipinski definition) is 2. The molecule has 0 radical (unpaired) electrons. The molecule has 1 amide bonds. The maximum atomic E-state index is 11.9. The average Bonchev–Trinajstić information content (AvgIpc) is 2.31. The summed E-state index contributed by atoms with van der Waals surface area (Å²) in [6.45, 7) is 6.76. The first-order valence-corrected chi connectivity index (χ1v) is 6.44. The lowest BCUT2D eigenvalue weighted by molar-refractivity contribution is -0.126. The van der Waals surface area contributed by atoms with Crippen LogP contribution in [-0.4, -0.2) is 39.5 Å². The van der Waals surface area contributed by atoms with Gasteiger partial charge in [-0.15, -0.1) is 0 Å². The summed E-state index contributed by atoms with van der Waals surface area (Å²) in [6, 6.07) is 1.74. The third-order valence-electron chi connectivity index (χ3n) is 3.19. The maximum absolute atomic E-state index is 11.9. The quantitative estimate of drug-likeness (QED) is 0.749. The second-order valence-corrected chi connectivity index (χ2v) is 5.47. The maximum Gasteiger partial charge on any atom is 0.245 e. The number of aryl methyl sites for hydroxylation is 1. The van der Waals surface area contributed by atoms with Crippen molar-refractivity contribution in [3.8, 4) is 0 Å². The molecule has 6 nitrogen and oxygen atoms in total. The van der Waals surface area contributed by atoms with Gasteiger partial charge in [-0.2, -0.15) is 0 Å². The van der Waals surface area contributed by atoms with E-state index in [2.05, 4.69) is 15.3 Å². The monoisotopic (exact) mass is 279 g/mol. The van der Waals surface area contributed by atoms with Crippen LogP contribution in [0.3, 0.4) is 0 Å². The predicted octanol–water partition coefficient (Wildman–Crippen LogP) is 0.134. The molecule has 7 heteroatoms. The number of amides is 1. The molecule has 0 aromatic carbocycles. The molecule has 3 N–H and O–H groups in total. The largest absolute Gasteiger partial charge is 0.388 e. The molecule has 1 saturated heterocycles. The molecule has 2 rings (SSSR count). The van der Waals surface area contributed by atoms with E-state index in [1.807, 2.05) is 25.7 Å². The van der Waals surface area contributed by atoms with Crippen molar-refractivity contribution in [1.82, 2.24) is 15.3 Å². The first kappa shape index (κ1) is 13.7. The van der Waals surface area contributed by atoms with Crippen LogP contribution in [0.15, 0.2) is 6.07 Å². The summed E-state index contributed by atoms with van der Waals surface area (Å²) >= 11 is 4.95. The van der Waals surface area contributed by atoms with Crippen molar-refractivity contribution in [3.63, 3.8) is 0 Å². The molecule has 0 unspecified atom stereocenters. The lowest BCUT2D eigenvalue weighted by atomic mass is 9.99. The summed E-state index contributed by atoms with van der Waals surface area (Å²) in [4.78, 5) is 22.8. The Labute approximate surface area is 117 Å². The van der Waals surface area contributed by atoms with E-state index in [4.69, 9.17) is 18.0 Å². The fraction of sp³-hybridized carbons (Fsp3) is 0.500. The minimum absolute atomic E-state index is 0.0410. The predicted molar refractivity (Wildman–Crippen MR) is 77.1 cm³/mol. The number of piperazine rings is 1. The number of anilines is 1. The van der Waals surface area contributed by atoms with Gasteiger partial charge in [-0.05, 0) is 26.8 Å². The molecule has 0 aliphatic carbocycles. The molecule has 1 aliphatic heterocycles. The highest BCUT2D eigenvalue weighted by atomic mass is 32.1. The zero-order valence-corrected chi connectivity index (χ0v) is 12.0. The molecule has 19 heavy (non-hydrogen) atoms. The summed E-state index contributed by atoms with van der Waals surface area (Å²) in [7, 11) is 0. The highest BCUT2D eigenvalue weighted by Gasteiger charge is 2.39. The Kier molecular flexibility index (Phi) is 3.40. The number of carbonyl (C=O) groups excluding carboxylic acids is 1. The Hall–Kier alpha value is -1.76. The molecule has 0 spiro atoms. The van der Waals surface area contributed by atoms with Gasteiger partial charge in [0, 0.05) is 18.8 Å². The van der Waals surface area contributed by atoms with Gasteiger partial charge in [-0.1, -0.05) is 12.2 Å². The van der Waals surface area contributed by atoms with Crippen LogP contribution in [0.5, 0.6) is 0 Å². The highest BCUT2D eigenvalue weighted by Crippen LogP contribution is 2.23. The van der Waals surface area contributed by atoms with Crippen LogP contribution in [0.1, 0.15) is 25.2 Å². The van der Waals surface area contributed by atoms with Crippen LogP contribution in [-0.2, 0) is 4.79 Å². The highest BCUT2D eigenvalue weighted by molar-refractivity contribution is 7.80. The van der Waals surface area contributed by atoms with Crippen LogP contribution in [0.2, 0.25) is 0 Å². The van der Waals surface area contributed by atoms with Crippen molar-refractivity contribution in [2.24, 2.45) is 5.73 Å². The van der Waals surface area contributed by atoms with Gasteiger partial charge in [0.15, 0.2) is 0 Å². The number of carbonyl (C=O) groups is 1. The van der Waals surface area contributed by atoms with E-state index < -0.39 is 5.54 Å². The Morgan fingerprint density at radius 2 is 2.21 bits per heavy atom. The number of nitrogens with one attached hydrogen (secondary N) is 1. The van der Waals surface area contributed by atoms with Crippen LogP contribution in [0.25, 0.3) is 0 Å². The van der Waals surface area contributed by atoms with Gasteiger partial charge < -0.3 is 16.0 Å². The standard InChI is InChI=1S/C12H17N5OS/c1-7-6-8(9(13)19)16-11(15-7)17-5-4-14-10(18)12(17,2)3/h6H,4-5H2,1-3H3,(H2,13,19)(H,14,18). The number of nitrogens with zero attached hydrogens (tertiary/aromatic N) is 3. The SMILES string of the molecule is Cc1cc(C(N)=S)nc(N2CCNC(=O)C2(C)C)n1. The molecule has 0 saturated carbocycles. The van der Waals surface area contributed by atoms with Crippen LogP contribution in [0.4, 0.5) is 5.95 Å². The summed E-state index contributed by atoms with van der Waals surface area (Å²) < 4.78 is 0. The van der Waals surface area contributed by atoms with Crippen molar-refractivity contribution in [2.75, 3.05) is 18.0 Å². The Balaban J connectivity index is 2.46. The summed E-state index contributed by atoms with van der Waals surface area (Å²) in [5.41, 5.74) is 6.22. The molecule has 2 heterocycles. The molecular formula is C12H17N5OS. The summed E-state index contributed by atoms with van der Waals surface area (Å²) in [5.74, 6) is 0.448. The zero-order chi connectivity index (χ0) is 14.2. The second kappa shape index (κ2) is 4.73. The van der Waals surface area contributed by atoms with Crippen LogP contribution >= 0.6 is 12.2 Å². The van der Waals surface area contributed by atoms with Crippen molar-refractivity contribution in [1.29, 1.82) is 0 Å². The molecule has 1 fully saturated rings. The van der Waals surface area contributed by atoms with Crippen molar-refractivity contribution in [3.05, 3.63) is 17.5 Å². The first-order valence-electron chi connectivity index (χ1n) is 6.04. The van der Waals surface area contributed by atoms with E-state index in [1.165, 1.54) is 0 Å². The van der Waals surface area contributed by atoms with Gasteiger partial charge >= 0.3 is 0 Å². The first-order chi connectivity index (χ1) is 8.82. The average molecular weight is 279 g/mol. The smallest absolute Gasteiger partial charge is 0.245 e. The van der Waals surface area contributed by atoms with Gasteiger partial charge in [0.2, 0.25) is 11.9 Å². The zero-order valence-electron chi connectivity index (χ0n) is 11.2. The third-order valence-corrected chi connectivity index (χ3v) is 3.40. The topological polar surface area (TPSA) is 84.1 Å². The van der Waals surface area contributed by atoms with E-state index in [1.54, 1.807) is 6.07 Å². The lowest BCUT2D eigenvalue weighted by Crippen LogP contribution is -2.62. The van der Waals surface area contributed by atoms with Crippen molar-refractivity contribution < 1.29 is 4.79 Å². The fourth-order valence-corrected chi connectivity index (χ4v) is 2.15. The Bertz CT molecular complexity index is 543. The third kappa shape index (κ3) is 2.51. The van der Waals surface area contributed by atoms with E-state index >= 15 is 0 Å². The second-order valence-electron chi connectivity index (χ2n) is 5.03. The van der Waals surface area contributed by atoms with Gasteiger partial charge in [0.05, 0.1) is 0 Å². The summed E-state index contributed by atoms with van der Waals surface area (Å²) in [6.07, 6.45) is 0. The molecule has 1 aromatic rings. The van der Waals surface area contributed by atoms with Crippen LogP contribution < -0.4 is 16.0 Å². The number of thiocarbonyl (C=S) groups is 1.